The predicted octanol–water partition coefficient (Wildman–Crippen LogP) is 3.35. The highest BCUT2D eigenvalue weighted by atomic mass is 16.5. The van der Waals surface area contributed by atoms with Gasteiger partial charge in [0.05, 0.1) is 5.56 Å². The first-order valence-corrected chi connectivity index (χ1v) is 8.89. The van der Waals surface area contributed by atoms with Crippen LogP contribution < -0.4 is 5.32 Å². The molecular formula is C21H21NO3. The Labute approximate surface area is 147 Å². The highest BCUT2D eigenvalue weighted by Crippen LogP contribution is 2.26. The Morgan fingerprint density at radius 3 is 2.52 bits per heavy atom. The summed E-state index contributed by atoms with van der Waals surface area (Å²) in [6, 6.07) is 15.1. The largest absolute Gasteiger partial charge is 0.444 e. The smallest absolute Gasteiger partial charge is 0.339 e. The Balaban J connectivity index is 1.55. The first kappa shape index (κ1) is 15.9. The molecule has 4 rings (SSSR count). The molecule has 2 aliphatic rings. The maximum Gasteiger partial charge on any atom is 0.339 e. The van der Waals surface area contributed by atoms with E-state index in [0.29, 0.717) is 11.1 Å². The van der Waals surface area contributed by atoms with Gasteiger partial charge in [0, 0.05) is 11.6 Å². The number of carbonyl (C=O) groups is 2. The number of hydrogen-bond acceptors (Lipinski definition) is 3. The normalized spacial score (nSPS) is 16.8. The van der Waals surface area contributed by atoms with E-state index in [1.54, 1.807) is 6.07 Å². The van der Waals surface area contributed by atoms with Crippen molar-refractivity contribution in [2.45, 2.75) is 44.2 Å². The van der Waals surface area contributed by atoms with Gasteiger partial charge in [-0.05, 0) is 55.4 Å². The van der Waals surface area contributed by atoms with Crippen LogP contribution in [0.3, 0.4) is 0 Å². The lowest BCUT2D eigenvalue weighted by Gasteiger charge is -2.18. The lowest BCUT2D eigenvalue weighted by Crippen LogP contribution is -2.33. The van der Waals surface area contributed by atoms with Gasteiger partial charge in [0.15, 0.2) is 0 Å². The van der Waals surface area contributed by atoms with Crippen LogP contribution in [0, 0.1) is 0 Å². The molecule has 1 atom stereocenters. The Morgan fingerprint density at radius 2 is 1.76 bits per heavy atom. The van der Waals surface area contributed by atoms with E-state index in [-0.39, 0.29) is 11.9 Å². The second-order valence-electron chi connectivity index (χ2n) is 6.82. The second kappa shape index (κ2) is 6.71. The highest BCUT2D eigenvalue weighted by molar-refractivity contribution is 5.93. The highest BCUT2D eigenvalue weighted by Gasteiger charge is 2.31. The van der Waals surface area contributed by atoms with E-state index >= 15 is 0 Å². The first-order valence-electron chi connectivity index (χ1n) is 8.89. The van der Waals surface area contributed by atoms with E-state index in [1.165, 1.54) is 11.1 Å². The zero-order valence-electron chi connectivity index (χ0n) is 14.0. The molecule has 0 spiro atoms. The second-order valence-corrected chi connectivity index (χ2v) is 6.82. The van der Waals surface area contributed by atoms with Gasteiger partial charge in [-0.2, -0.15) is 0 Å². The van der Waals surface area contributed by atoms with Crippen LogP contribution in [0.1, 0.15) is 52.4 Å². The number of carbonyl (C=O) groups excluding carboxylic acids is 2. The summed E-state index contributed by atoms with van der Waals surface area (Å²) >= 11 is 0. The Kier molecular flexibility index (Phi) is 4.26. The third-order valence-corrected chi connectivity index (χ3v) is 4.82. The van der Waals surface area contributed by atoms with Crippen LogP contribution in [-0.2, 0) is 22.4 Å². The molecule has 1 saturated carbocycles. The average Bonchev–Trinajstić information content (AvgIpc) is 3.32. The van der Waals surface area contributed by atoms with Gasteiger partial charge < -0.3 is 10.1 Å². The summed E-state index contributed by atoms with van der Waals surface area (Å²) in [5.41, 5.74) is 3.73. The summed E-state index contributed by atoms with van der Waals surface area (Å²) in [4.78, 5) is 25.2. The van der Waals surface area contributed by atoms with E-state index in [1.807, 2.05) is 42.5 Å². The molecule has 0 aliphatic heterocycles. The fourth-order valence-electron chi connectivity index (χ4n) is 3.28. The number of fused-ring (bicyclic) bond motifs is 1. The molecule has 2 aromatic carbocycles. The molecule has 0 unspecified atom stereocenters. The van der Waals surface area contributed by atoms with Crippen molar-refractivity contribution in [2.75, 3.05) is 0 Å². The van der Waals surface area contributed by atoms with E-state index in [0.717, 1.165) is 32.1 Å². The number of hydrogen-bond donors (Lipinski definition) is 1. The minimum atomic E-state index is -0.914. The molecule has 4 nitrogen and oxygen atoms in total. The van der Waals surface area contributed by atoms with Crippen LogP contribution in [0.25, 0.3) is 0 Å². The van der Waals surface area contributed by atoms with Crippen LogP contribution >= 0.6 is 0 Å². The van der Waals surface area contributed by atoms with Gasteiger partial charge in [-0.15, -0.1) is 0 Å². The number of esters is 1. The number of aryl methyl sites for hydroxylation is 2. The minimum absolute atomic E-state index is 0.220. The predicted molar refractivity (Wildman–Crippen MR) is 94.2 cm³/mol. The third-order valence-electron chi connectivity index (χ3n) is 4.82. The number of benzene rings is 2. The molecule has 0 aromatic heterocycles. The Hall–Kier alpha value is -2.62. The number of nitrogens with one attached hydrogen (secondary N) is 1. The maximum atomic E-state index is 12.6. The lowest BCUT2D eigenvalue weighted by molar-refractivity contribution is -0.130. The molecule has 4 heteroatoms. The van der Waals surface area contributed by atoms with E-state index in [2.05, 4.69) is 5.32 Å². The summed E-state index contributed by atoms with van der Waals surface area (Å²) in [6.07, 6.45) is 4.27. The summed E-state index contributed by atoms with van der Waals surface area (Å²) in [6.45, 7) is 0. The summed E-state index contributed by atoms with van der Waals surface area (Å²) in [7, 11) is 0. The first-order chi connectivity index (χ1) is 12.2. The van der Waals surface area contributed by atoms with Crippen LogP contribution in [0.4, 0.5) is 0 Å². The summed E-state index contributed by atoms with van der Waals surface area (Å²) in [5, 5.41) is 2.93. The van der Waals surface area contributed by atoms with Gasteiger partial charge in [0.1, 0.15) is 0 Å². The standard InChI is InChI=1S/C21H21NO3/c23-20(22-18-11-12-18)19(15-5-2-1-3-6-15)25-21(24)17-10-9-14-7-4-8-16(14)13-17/h1-3,5-6,9-10,13,18-19H,4,7-8,11-12H2,(H,22,23)/t19-/m1/s1. The van der Waals surface area contributed by atoms with Gasteiger partial charge in [0.2, 0.25) is 6.10 Å². The molecule has 1 fully saturated rings. The van der Waals surface area contributed by atoms with Gasteiger partial charge in [-0.25, -0.2) is 4.79 Å². The summed E-state index contributed by atoms with van der Waals surface area (Å²) < 4.78 is 5.62. The molecule has 0 bridgehead atoms. The van der Waals surface area contributed by atoms with Gasteiger partial charge in [-0.3, -0.25) is 4.79 Å². The van der Waals surface area contributed by atoms with Crippen molar-refractivity contribution in [1.29, 1.82) is 0 Å². The van der Waals surface area contributed by atoms with Gasteiger partial charge >= 0.3 is 5.97 Å². The van der Waals surface area contributed by atoms with E-state index < -0.39 is 12.1 Å². The lowest BCUT2D eigenvalue weighted by atomic mass is 10.1. The molecule has 2 aliphatic carbocycles. The number of ether oxygens (including phenoxy) is 1. The van der Waals surface area contributed by atoms with Crippen molar-refractivity contribution < 1.29 is 14.3 Å². The Morgan fingerprint density at radius 1 is 1.00 bits per heavy atom. The zero-order valence-corrected chi connectivity index (χ0v) is 14.0. The van der Waals surface area contributed by atoms with E-state index in [9.17, 15) is 9.59 Å². The van der Waals surface area contributed by atoms with Crippen molar-refractivity contribution >= 4 is 11.9 Å². The fraction of sp³-hybridized carbons (Fsp3) is 0.333. The van der Waals surface area contributed by atoms with Crippen molar-refractivity contribution in [3.8, 4) is 0 Å². The van der Waals surface area contributed by atoms with Gasteiger partial charge in [0.25, 0.3) is 5.91 Å². The van der Waals surface area contributed by atoms with Crippen LogP contribution in [0.2, 0.25) is 0 Å². The van der Waals surface area contributed by atoms with Crippen LogP contribution in [-0.4, -0.2) is 17.9 Å². The molecule has 25 heavy (non-hydrogen) atoms. The molecule has 0 saturated heterocycles. The summed E-state index contributed by atoms with van der Waals surface area (Å²) in [5.74, 6) is -0.697. The SMILES string of the molecule is O=C(O[C@@H](C(=O)NC1CC1)c1ccccc1)c1ccc2c(c1)CCC2. The van der Waals surface area contributed by atoms with Crippen LogP contribution in [0.5, 0.6) is 0 Å². The zero-order chi connectivity index (χ0) is 17.2. The van der Waals surface area contributed by atoms with Crippen molar-refractivity contribution in [3.05, 3.63) is 70.8 Å². The van der Waals surface area contributed by atoms with Crippen LogP contribution in [0.15, 0.2) is 48.5 Å². The fourth-order valence-corrected chi connectivity index (χ4v) is 3.28. The van der Waals surface area contributed by atoms with Crippen molar-refractivity contribution in [1.82, 2.24) is 5.32 Å². The number of amides is 1. The molecule has 0 heterocycles. The topological polar surface area (TPSA) is 55.4 Å². The molecule has 1 amide bonds. The van der Waals surface area contributed by atoms with Crippen molar-refractivity contribution in [3.63, 3.8) is 0 Å². The van der Waals surface area contributed by atoms with Crippen molar-refractivity contribution in [2.24, 2.45) is 0 Å². The minimum Gasteiger partial charge on any atom is -0.444 e. The monoisotopic (exact) mass is 335 g/mol. The average molecular weight is 335 g/mol. The quantitative estimate of drug-likeness (QED) is 0.853. The Bertz CT molecular complexity index is 796. The number of rotatable bonds is 5. The molecular weight excluding hydrogens is 314 g/mol. The van der Waals surface area contributed by atoms with E-state index in [4.69, 9.17) is 4.74 Å². The van der Waals surface area contributed by atoms with Gasteiger partial charge in [-0.1, -0.05) is 36.4 Å². The molecule has 1 N–H and O–H groups in total. The molecule has 0 radical (unpaired) electrons. The maximum absolute atomic E-state index is 12.6. The molecule has 2 aromatic rings. The third kappa shape index (κ3) is 3.58. The molecule has 128 valence electrons.